The summed E-state index contributed by atoms with van der Waals surface area (Å²) in [4.78, 5) is 42.9. The molecule has 37 heavy (non-hydrogen) atoms. The van der Waals surface area contributed by atoms with Crippen LogP contribution in [0.25, 0.3) is 10.9 Å². The largest absolute Gasteiger partial charge is 0.350 e. The van der Waals surface area contributed by atoms with E-state index in [9.17, 15) is 18.8 Å². The number of halogens is 2. The lowest BCUT2D eigenvalue weighted by molar-refractivity contribution is -0.127. The van der Waals surface area contributed by atoms with Crippen molar-refractivity contribution in [2.75, 3.05) is 19.6 Å². The summed E-state index contributed by atoms with van der Waals surface area (Å²) in [5, 5.41) is 0.856. The topological polar surface area (TPSA) is 62.6 Å². The van der Waals surface area contributed by atoms with Crippen LogP contribution in [0.5, 0.6) is 0 Å². The van der Waals surface area contributed by atoms with Crippen molar-refractivity contribution in [2.45, 2.75) is 46.1 Å². The molecule has 0 radical (unpaired) electrons. The van der Waals surface area contributed by atoms with Gasteiger partial charge in [-0.3, -0.25) is 14.4 Å². The van der Waals surface area contributed by atoms with Gasteiger partial charge in [0.25, 0.3) is 17.6 Å². The summed E-state index contributed by atoms with van der Waals surface area (Å²) in [7, 11) is 1.79. The van der Waals surface area contributed by atoms with Gasteiger partial charge in [-0.2, -0.15) is 0 Å². The van der Waals surface area contributed by atoms with E-state index < -0.39 is 11.7 Å². The van der Waals surface area contributed by atoms with E-state index in [2.05, 4.69) is 0 Å². The molecule has 3 aromatic rings. The summed E-state index contributed by atoms with van der Waals surface area (Å²) in [5.41, 5.74) is 2.37. The monoisotopic (exact) mass is 525 g/mol. The average molecular weight is 526 g/mol. The maximum atomic E-state index is 13.5. The lowest BCUT2D eigenvalue weighted by atomic mass is 9.90. The van der Waals surface area contributed by atoms with Crippen LogP contribution in [0.2, 0.25) is 5.02 Å². The first-order chi connectivity index (χ1) is 17.6. The lowest BCUT2D eigenvalue weighted by Crippen LogP contribution is -2.41. The molecule has 0 unspecified atom stereocenters. The number of nitrogens with zero attached hydrogens (tertiary/aromatic N) is 3. The zero-order valence-electron chi connectivity index (χ0n) is 21.8. The molecule has 2 aromatic carbocycles. The molecule has 0 N–H and O–H groups in total. The Morgan fingerprint density at radius 1 is 1.08 bits per heavy atom. The number of aromatic nitrogens is 1. The van der Waals surface area contributed by atoms with E-state index >= 15 is 0 Å². The summed E-state index contributed by atoms with van der Waals surface area (Å²) in [6.07, 6.45) is 4.16. The number of piperidine rings is 1. The third kappa shape index (κ3) is 5.57. The molecule has 0 atom stereocenters. The van der Waals surface area contributed by atoms with E-state index in [-0.39, 0.29) is 23.3 Å². The van der Waals surface area contributed by atoms with Gasteiger partial charge in [0, 0.05) is 44.3 Å². The van der Waals surface area contributed by atoms with Crippen molar-refractivity contribution in [3.63, 3.8) is 0 Å². The number of hydrogen-bond acceptors (Lipinski definition) is 3. The Balaban J connectivity index is 1.54. The van der Waals surface area contributed by atoms with Gasteiger partial charge in [-0.25, -0.2) is 4.39 Å². The van der Waals surface area contributed by atoms with Crippen molar-refractivity contribution >= 4 is 40.1 Å². The van der Waals surface area contributed by atoms with Crippen molar-refractivity contribution < 1.29 is 18.8 Å². The molecule has 0 bridgehead atoms. The van der Waals surface area contributed by atoms with Crippen molar-refractivity contribution in [2.24, 2.45) is 13.0 Å². The molecule has 1 fully saturated rings. The molecule has 1 aliphatic heterocycles. The van der Waals surface area contributed by atoms with E-state index in [0.717, 1.165) is 24.8 Å². The molecular formula is C29H33ClFN3O3. The second kappa shape index (κ2) is 11.1. The molecule has 1 aromatic heterocycles. The molecule has 1 aliphatic rings. The number of carbonyl (C=O) groups excluding carboxylic acids is 3. The molecule has 6 nitrogen and oxygen atoms in total. The first-order valence-corrected chi connectivity index (χ1v) is 13.2. The maximum Gasteiger partial charge on any atom is 0.295 e. The predicted molar refractivity (Wildman–Crippen MR) is 144 cm³/mol. The summed E-state index contributed by atoms with van der Waals surface area (Å²) in [6.45, 7) is 7.21. The minimum atomic E-state index is -0.594. The highest BCUT2D eigenvalue weighted by atomic mass is 35.5. The Morgan fingerprint density at radius 2 is 1.73 bits per heavy atom. The minimum absolute atomic E-state index is 0.103. The average Bonchev–Trinajstić information content (AvgIpc) is 3.19. The fourth-order valence-corrected chi connectivity index (χ4v) is 5.44. The number of ketones is 1. The van der Waals surface area contributed by atoms with Crippen molar-refractivity contribution in [1.82, 2.24) is 14.4 Å². The summed E-state index contributed by atoms with van der Waals surface area (Å²) >= 11 is 6.55. The van der Waals surface area contributed by atoms with E-state index in [1.807, 2.05) is 32.9 Å². The van der Waals surface area contributed by atoms with Crippen molar-refractivity contribution in [3.05, 3.63) is 70.1 Å². The summed E-state index contributed by atoms with van der Waals surface area (Å²) in [5.74, 6) is -1.16. The molecule has 4 rings (SSSR count). The van der Waals surface area contributed by atoms with Crippen LogP contribution in [0.3, 0.4) is 0 Å². The zero-order chi connectivity index (χ0) is 26.9. The highest BCUT2D eigenvalue weighted by molar-refractivity contribution is 6.45. The molecular weight excluding hydrogens is 493 g/mol. The van der Waals surface area contributed by atoms with Gasteiger partial charge in [-0.05, 0) is 75.8 Å². The van der Waals surface area contributed by atoms with E-state index in [4.69, 9.17) is 11.6 Å². The SMILES string of the molecule is CCN(C(=O)C(=O)c1cn(C)c2cc(Cl)c(C(=O)N3CCC(Cc4ccc(F)cc4)CC3)cc12)C(C)C. The van der Waals surface area contributed by atoms with Crippen LogP contribution in [-0.4, -0.2) is 57.6 Å². The Bertz CT molecular complexity index is 1320. The van der Waals surface area contributed by atoms with Crippen LogP contribution in [-0.2, 0) is 18.3 Å². The maximum absolute atomic E-state index is 13.5. The van der Waals surface area contributed by atoms with Gasteiger partial charge in [0.15, 0.2) is 0 Å². The van der Waals surface area contributed by atoms with Gasteiger partial charge in [-0.1, -0.05) is 23.7 Å². The molecule has 2 heterocycles. The number of amides is 2. The fraction of sp³-hybridized carbons (Fsp3) is 0.414. The van der Waals surface area contributed by atoms with Crippen LogP contribution >= 0.6 is 11.6 Å². The van der Waals surface area contributed by atoms with Crippen LogP contribution in [0.1, 0.15) is 59.9 Å². The zero-order valence-corrected chi connectivity index (χ0v) is 22.5. The molecule has 8 heteroatoms. The molecule has 1 saturated heterocycles. The van der Waals surface area contributed by atoms with E-state index in [1.54, 1.807) is 34.8 Å². The lowest BCUT2D eigenvalue weighted by Gasteiger charge is -2.32. The Hall–Kier alpha value is -3.19. The standard InChI is InChI=1S/C29H33ClFN3O3/c1-5-34(18(2)3)29(37)27(35)24-17-32(4)26-16-25(30)23(15-22(24)26)28(36)33-12-10-20(11-13-33)14-19-6-8-21(31)9-7-19/h6-9,15-18,20H,5,10-14H2,1-4H3. The number of likely N-dealkylation sites (tertiary alicyclic amines) is 1. The second-order valence-corrected chi connectivity index (χ2v) is 10.5. The highest BCUT2D eigenvalue weighted by Gasteiger charge is 2.29. The third-order valence-corrected chi connectivity index (χ3v) is 7.62. The quantitative estimate of drug-likeness (QED) is 0.302. The highest BCUT2D eigenvalue weighted by Crippen LogP contribution is 2.31. The number of Topliss-reactive ketones (excluding diaryl/α,β-unsaturated/α-hetero) is 1. The minimum Gasteiger partial charge on any atom is -0.350 e. The van der Waals surface area contributed by atoms with Gasteiger partial charge in [0.2, 0.25) is 0 Å². The Labute approximate surface area is 222 Å². The summed E-state index contributed by atoms with van der Waals surface area (Å²) in [6, 6.07) is 9.81. The second-order valence-electron chi connectivity index (χ2n) is 10.1. The van der Waals surface area contributed by atoms with Crippen LogP contribution in [0.4, 0.5) is 4.39 Å². The number of fused-ring (bicyclic) bond motifs is 1. The van der Waals surface area contributed by atoms with Gasteiger partial charge < -0.3 is 14.4 Å². The van der Waals surface area contributed by atoms with E-state index in [1.165, 1.54) is 17.0 Å². The van der Waals surface area contributed by atoms with Crippen LogP contribution < -0.4 is 0 Å². The molecule has 0 spiro atoms. The molecule has 0 aliphatic carbocycles. The number of aryl methyl sites for hydroxylation is 1. The number of hydrogen-bond donors (Lipinski definition) is 0. The van der Waals surface area contributed by atoms with E-state index in [0.29, 0.717) is 47.0 Å². The number of likely N-dealkylation sites (N-methyl/N-ethyl adjacent to an activating group) is 1. The smallest absolute Gasteiger partial charge is 0.295 e. The first-order valence-electron chi connectivity index (χ1n) is 12.8. The molecule has 196 valence electrons. The third-order valence-electron chi connectivity index (χ3n) is 7.31. The predicted octanol–water partition coefficient (Wildman–Crippen LogP) is 5.51. The van der Waals surface area contributed by atoms with Gasteiger partial charge in [0.1, 0.15) is 5.82 Å². The number of rotatable bonds is 7. The molecule has 0 saturated carbocycles. The Kier molecular flexibility index (Phi) is 8.02. The fourth-order valence-electron chi connectivity index (χ4n) is 5.20. The van der Waals surface area contributed by atoms with Gasteiger partial charge in [0.05, 0.1) is 21.7 Å². The number of benzene rings is 2. The van der Waals surface area contributed by atoms with Crippen molar-refractivity contribution in [3.8, 4) is 0 Å². The normalized spacial score (nSPS) is 14.4. The number of carbonyl (C=O) groups is 3. The van der Waals surface area contributed by atoms with Crippen LogP contribution in [0, 0.1) is 11.7 Å². The Morgan fingerprint density at radius 3 is 2.32 bits per heavy atom. The van der Waals surface area contributed by atoms with Crippen LogP contribution in [0.15, 0.2) is 42.6 Å². The van der Waals surface area contributed by atoms with Crippen molar-refractivity contribution in [1.29, 1.82) is 0 Å². The van der Waals surface area contributed by atoms with Gasteiger partial charge in [-0.15, -0.1) is 0 Å². The van der Waals surface area contributed by atoms with Gasteiger partial charge >= 0.3 is 0 Å². The summed E-state index contributed by atoms with van der Waals surface area (Å²) < 4.78 is 14.9. The molecule has 2 amide bonds. The first kappa shape index (κ1) is 26.9.